The average molecular weight is 413 g/mol. The summed E-state index contributed by atoms with van der Waals surface area (Å²) >= 11 is 0. The summed E-state index contributed by atoms with van der Waals surface area (Å²) in [7, 11) is 2.32. The zero-order chi connectivity index (χ0) is 20.9. The maximum Gasteiger partial charge on any atom is 0.308 e. The highest BCUT2D eigenvalue weighted by molar-refractivity contribution is 5.90. The van der Waals surface area contributed by atoms with E-state index in [0.29, 0.717) is 24.3 Å². The molecule has 1 N–H and O–H groups in total. The number of hydrogen-bond acceptors (Lipinski definition) is 5. The molecule has 3 aliphatic carbocycles. The molecule has 6 rings (SSSR count). The van der Waals surface area contributed by atoms with Gasteiger partial charge in [-0.05, 0) is 43.7 Å². The van der Waals surface area contributed by atoms with Crippen LogP contribution in [0.25, 0.3) is 0 Å². The van der Waals surface area contributed by atoms with Crippen LogP contribution < -0.4 is 9.47 Å². The number of aliphatic hydroxyl groups is 1. The van der Waals surface area contributed by atoms with Crippen LogP contribution in [0.4, 0.5) is 0 Å². The Morgan fingerprint density at radius 3 is 2.87 bits per heavy atom. The Labute approximate surface area is 176 Å². The second-order valence-electron chi connectivity index (χ2n) is 10.5. The molecule has 1 aromatic rings. The summed E-state index contributed by atoms with van der Waals surface area (Å²) in [5.74, 6) is 1.30. The standard InChI is InChI=1S/C24H30NO5/c1-14(26)29-18-7-6-16-12-19-24(28)10-8-17(27)22-23(24,20(16)21(18)30-22)9-3-11-25(19,2)13-15-4-5-15/h6-7,15,19,22,28H,3-5,8-13H2,1-2H3/q+1/t19?,22?,23?,24-,25?/m1/s1. The van der Waals surface area contributed by atoms with Crippen molar-refractivity contribution in [2.24, 2.45) is 5.92 Å². The minimum atomic E-state index is -0.987. The molecular weight excluding hydrogens is 382 g/mol. The molecule has 0 radical (unpaired) electrons. The molecule has 160 valence electrons. The van der Waals surface area contributed by atoms with Gasteiger partial charge in [0.05, 0.1) is 25.6 Å². The van der Waals surface area contributed by atoms with Gasteiger partial charge < -0.3 is 19.1 Å². The number of ether oxygens (including phenoxy) is 2. The smallest absolute Gasteiger partial charge is 0.308 e. The van der Waals surface area contributed by atoms with E-state index in [4.69, 9.17) is 9.47 Å². The van der Waals surface area contributed by atoms with Crippen molar-refractivity contribution in [3.05, 3.63) is 23.3 Å². The largest absolute Gasteiger partial charge is 0.477 e. The molecule has 5 aliphatic rings. The van der Waals surface area contributed by atoms with Gasteiger partial charge >= 0.3 is 5.97 Å². The van der Waals surface area contributed by atoms with E-state index >= 15 is 0 Å². The van der Waals surface area contributed by atoms with Crippen LogP contribution in [-0.2, 0) is 21.4 Å². The summed E-state index contributed by atoms with van der Waals surface area (Å²) in [6.07, 6.45) is 5.19. The Bertz CT molecular complexity index is 971. The quantitative estimate of drug-likeness (QED) is 0.469. The topological polar surface area (TPSA) is 72.8 Å². The highest BCUT2D eigenvalue weighted by atomic mass is 16.6. The lowest BCUT2D eigenvalue weighted by Gasteiger charge is -2.58. The number of esters is 1. The molecule has 0 amide bonds. The fraction of sp³-hybridized carbons (Fsp3) is 0.667. The van der Waals surface area contributed by atoms with Crippen LogP contribution >= 0.6 is 0 Å². The molecule has 5 atom stereocenters. The lowest BCUT2D eigenvalue weighted by molar-refractivity contribution is -0.941. The van der Waals surface area contributed by atoms with Crippen LogP contribution in [0.15, 0.2) is 12.1 Å². The third kappa shape index (κ3) is 2.21. The minimum absolute atomic E-state index is 0.0535. The molecule has 1 spiro atoms. The molecule has 1 aromatic carbocycles. The molecule has 2 aliphatic heterocycles. The Balaban J connectivity index is 1.59. The number of likely N-dealkylation sites (tertiary alicyclic amines) is 1. The number of quaternary nitrogens is 1. The number of carbonyl (C=O) groups is 2. The molecule has 6 nitrogen and oxygen atoms in total. The molecule has 6 heteroatoms. The summed E-state index contributed by atoms with van der Waals surface area (Å²) in [6.45, 7) is 3.50. The molecule has 2 heterocycles. The normalized spacial score (nSPS) is 41.0. The van der Waals surface area contributed by atoms with Gasteiger partial charge in [-0.2, -0.15) is 0 Å². The minimum Gasteiger partial charge on any atom is -0.477 e. The summed E-state index contributed by atoms with van der Waals surface area (Å²) < 4.78 is 12.6. The van der Waals surface area contributed by atoms with Crippen LogP contribution in [0.1, 0.15) is 56.6 Å². The van der Waals surface area contributed by atoms with E-state index in [1.807, 2.05) is 6.07 Å². The number of hydrogen-bond donors (Lipinski definition) is 1. The SMILES string of the molecule is CC(=O)Oc1ccc2c3c1OC1C(=O)CC[C@@]4(O)C(C2)[N+](C)(CC2CC2)CCCC314. The molecule has 30 heavy (non-hydrogen) atoms. The van der Waals surface area contributed by atoms with Crippen LogP contribution in [0.2, 0.25) is 0 Å². The first-order valence-corrected chi connectivity index (χ1v) is 11.4. The lowest BCUT2D eigenvalue weighted by atomic mass is 9.50. The highest BCUT2D eigenvalue weighted by Gasteiger charge is 2.74. The third-order valence-corrected chi connectivity index (χ3v) is 8.74. The molecule has 1 saturated heterocycles. The zero-order valence-electron chi connectivity index (χ0n) is 17.8. The summed E-state index contributed by atoms with van der Waals surface area (Å²) in [5.41, 5.74) is 0.373. The molecule has 0 aromatic heterocycles. The fourth-order valence-electron chi connectivity index (χ4n) is 7.45. The van der Waals surface area contributed by atoms with Crippen molar-refractivity contribution in [2.75, 3.05) is 20.1 Å². The van der Waals surface area contributed by atoms with Crippen molar-refractivity contribution >= 4 is 11.8 Å². The number of nitrogens with zero attached hydrogens (tertiary/aromatic N) is 1. The van der Waals surface area contributed by atoms with Gasteiger partial charge in [-0.15, -0.1) is 0 Å². The number of carbonyl (C=O) groups excluding carboxylic acids is 2. The van der Waals surface area contributed by atoms with Crippen LogP contribution in [0.5, 0.6) is 11.5 Å². The number of Topliss-reactive ketones (excluding diaryl/α,β-unsaturated/α-hetero) is 1. The average Bonchev–Trinajstić information content (AvgIpc) is 3.41. The summed E-state index contributed by atoms with van der Waals surface area (Å²) in [5, 5.41) is 12.5. The third-order valence-electron chi connectivity index (χ3n) is 8.74. The van der Waals surface area contributed by atoms with Gasteiger partial charge in [-0.25, -0.2) is 0 Å². The first-order chi connectivity index (χ1) is 14.3. The summed E-state index contributed by atoms with van der Waals surface area (Å²) in [4.78, 5) is 24.8. The second kappa shape index (κ2) is 5.86. The number of ketones is 1. The first-order valence-electron chi connectivity index (χ1n) is 11.4. The van der Waals surface area contributed by atoms with Crippen molar-refractivity contribution in [3.8, 4) is 11.5 Å². The van der Waals surface area contributed by atoms with Gasteiger partial charge in [-0.1, -0.05) is 6.07 Å². The van der Waals surface area contributed by atoms with E-state index in [1.54, 1.807) is 6.07 Å². The van der Waals surface area contributed by atoms with E-state index in [1.165, 1.54) is 19.8 Å². The van der Waals surface area contributed by atoms with Gasteiger partial charge in [-0.3, -0.25) is 9.59 Å². The van der Waals surface area contributed by atoms with Crippen LogP contribution in [-0.4, -0.2) is 59.2 Å². The maximum atomic E-state index is 13.1. The van der Waals surface area contributed by atoms with Crippen molar-refractivity contribution in [1.82, 2.24) is 0 Å². The molecule has 4 unspecified atom stereocenters. The van der Waals surface area contributed by atoms with Gasteiger partial charge in [0.2, 0.25) is 0 Å². The number of benzene rings is 1. The number of likely N-dealkylation sites (N-methyl/N-ethyl adjacent to an activating group) is 1. The Kier molecular flexibility index (Phi) is 3.67. The van der Waals surface area contributed by atoms with Crippen LogP contribution in [0, 0.1) is 5.92 Å². The van der Waals surface area contributed by atoms with E-state index in [2.05, 4.69) is 7.05 Å². The predicted molar refractivity (Wildman–Crippen MR) is 108 cm³/mol. The number of rotatable bonds is 3. The van der Waals surface area contributed by atoms with E-state index in [-0.39, 0.29) is 11.8 Å². The monoisotopic (exact) mass is 412 g/mol. The van der Waals surface area contributed by atoms with E-state index < -0.39 is 23.1 Å². The molecular formula is C24H30NO5+. The fourth-order valence-corrected chi connectivity index (χ4v) is 7.45. The van der Waals surface area contributed by atoms with Crippen LogP contribution in [0.3, 0.4) is 0 Å². The summed E-state index contributed by atoms with van der Waals surface area (Å²) in [6, 6.07) is 3.89. The van der Waals surface area contributed by atoms with Crippen molar-refractivity contribution in [2.45, 2.75) is 75.0 Å². The van der Waals surface area contributed by atoms with Crippen molar-refractivity contribution in [1.29, 1.82) is 0 Å². The molecule has 2 bridgehead atoms. The zero-order valence-corrected chi connectivity index (χ0v) is 17.8. The first kappa shape index (κ1) is 18.8. The molecule has 2 saturated carbocycles. The van der Waals surface area contributed by atoms with Gasteiger partial charge in [0.1, 0.15) is 11.6 Å². The van der Waals surface area contributed by atoms with Crippen molar-refractivity contribution < 1.29 is 28.7 Å². The van der Waals surface area contributed by atoms with Gasteiger partial charge in [0.25, 0.3) is 0 Å². The Morgan fingerprint density at radius 1 is 1.33 bits per heavy atom. The maximum absolute atomic E-state index is 13.1. The van der Waals surface area contributed by atoms with E-state index in [9.17, 15) is 14.7 Å². The Morgan fingerprint density at radius 2 is 2.13 bits per heavy atom. The Hall–Kier alpha value is -1.92. The second-order valence-corrected chi connectivity index (χ2v) is 10.5. The highest BCUT2D eigenvalue weighted by Crippen LogP contribution is 2.65. The van der Waals surface area contributed by atoms with E-state index in [0.717, 1.165) is 53.9 Å². The van der Waals surface area contributed by atoms with Crippen molar-refractivity contribution in [3.63, 3.8) is 0 Å². The van der Waals surface area contributed by atoms with Gasteiger partial charge in [0, 0.05) is 31.2 Å². The lowest BCUT2D eigenvalue weighted by Crippen LogP contribution is -2.75. The predicted octanol–water partition coefficient (Wildman–Crippen LogP) is 2.28. The molecule has 3 fully saturated rings. The van der Waals surface area contributed by atoms with Gasteiger partial charge in [0.15, 0.2) is 23.4 Å².